The van der Waals surface area contributed by atoms with E-state index in [1.807, 2.05) is 0 Å². The number of hydrogen-bond acceptors (Lipinski definition) is 0. The van der Waals surface area contributed by atoms with E-state index >= 15 is 0 Å². The summed E-state index contributed by atoms with van der Waals surface area (Å²) >= 11 is 0. The lowest BCUT2D eigenvalue weighted by Gasteiger charge is -2.17. The van der Waals surface area contributed by atoms with Crippen LogP contribution in [0.3, 0.4) is 0 Å². The molecule has 14 heavy (non-hydrogen) atoms. The predicted molar refractivity (Wildman–Crippen MR) is 66.1 cm³/mol. The van der Waals surface area contributed by atoms with Crippen molar-refractivity contribution in [2.45, 2.75) is 39.5 Å². The lowest BCUT2D eigenvalue weighted by molar-refractivity contribution is -0.408. The van der Waals surface area contributed by atoms with Crippen molar-refractivity contribution in [2.75, 3.05) is 0 Å². The molecule has 1 nitrogen and oxygen atoms in total. The van der Waals surface area contributed by atoms with E-state index in [0.29, 0.717) is 19.8 Å². The molecule has 0 unspecified atom stereocenters. The van der Waals surface area contributed by atoms with Crippen LogP contribution in [0.5, 0.6) is 0 Å². The maximum absolute atomic E-state index is 2.49. The topological polar surface area (TPSA) is 16.6 Å². The molecule has 0 saturated heterocycles. The quantitative estimate of drug-likeness (QED) is 0.549. The molecule has 2 heteroatoms. The van der Waals surface area contributed by atoms with Gasteiger partial charge in [-0.3, -0.25) is 0 Å². The zero-order valence-electron chi connectivity index (χ0n) is 8.96. The molecule has 0 atom stereocenters. The van der Waals surface area contributed by atoms with Crippen molar-refractivity contribution < 1.29 is 5.23 Å². The smallest absolute Gasteiger partial charge is 0.170 e. The fraction of sp³-hybridized carbons (Fsp3) is 0.500. The average Bonchev–Trinajstić information content (AvgIpc) is 2.16. The molecule has 1 rings (SSSR count). The van der Waals surface area contributed by atoms with Crippen LogP contribution in [0.1, 0.15) is 50.7 Å². The van der Waals surface area contributed by atoms with Gasteiger partial charge in [0.25, 0.3) is 0 Å². The summed E-state index contributed by atoms with van der Waals surface area (Å²) in [5.41, 5.74) is 4.62. The first-order valence-corrected chi connectivity index (χ1v) is 4.92. The fourth-order valence-corrected chi connectivity index (χ4v) is 1.61. The number of nitrogens with two attached hydrogens (primary N) is 1. The Morgan fingerprint density at radius 2 is 1.43 bits per heavy atom. The summed E-state index contributed by atoms with van der Waals surface area (Å²) in [4.78, 5) is 0. The monoisotopic (exact) mass is 191 g/mol. The molecule has 0 bridgehead atoms. The van der Waals surface area contributed by atoms with Crippen LogP contribution >= 0.6 is 0 Å². The third-order valence-corrected chi connectivity index (χ3v) is 2.42. The first kappa shape index (κ1) is 11.3. The second-order valence-corrected chi connectivity index (χ2v) is 4.16. The van der Waals surface area contributed by atoms with Gasteiger partial charge in [0.15, 0.2) is 7.98 Å². The molecule has 0 aliphatic rings. The Labute approximate surface area is 88.3 Å². The van der Waals surface area contributed by atoms with Crippen molar-refractivity contribution in [3.63, 3.8) is 0 Å². The molecule has 0 aliphatic heterocycles. The first-order valence-electron chi connectivity index (χ1n) is 4.92. The van der Waals surface area contributed by atoms with Crippen molar-refractivity contribution in [2.24, 2.45) is 0 Å². The molecule has 0 heterocycles. The van der Waals surface area contributed by atoms with Gasteiger partial charge >= 0.3 is 0 Å². The Kier molecular flexibility index (Phi) is 3.76. The summed E-state index contributed by atoms with van der Waals surface area (Å²) in [5, 5.41) is 2.49. The van der Waals surface area contributed by atoms with Gasteiger partial charge in [0.2, 0.25) is 0 Å². The van der Waals surface area contributed by atoms with Gasteiger partial charge in [-0.15, -0.1) is 0 Å². The van der Waals surface area contributed by atoms with Crippen molar-refractivity contribution in [3.05, 3.63) is 29.3 Å². The molecule has 0 fully saturated rings. The van der Waals surface area contributed by atoms with Gasteiger partial charge in [0, 0.05) is 11.1 Å². The molecule has 78 valence electrons. The van der Waals surface area contributed by atoms with E-state index in [9.17, 15) is 0 Å². The minimum absolute atomic E-state index is 0.347. The number of hydrogen-bond donors (Lipinski definition) is 1. The van der Waals surface area contributed by atoms with Gasteiger partial charge in [0.05, 0.1) is 5.69 Å². The van der Waals surface area contributed by atoms with Crippen molar-refractivity contribution in [1.29, 1.82) is 0 Å². The van der Waals surface area contributed by atoms with E-state index in [2.05, 4.69) is 51.1 Å². The molecule has 0 aliphatic carbocycles. The molecule has 0 saturated carbocycles. The maximum Gasteiger partial charge on any atom is 0.170 e. The zero-order valence-corrected chi connectivity index (χ0v) is 8.96. The van der Waals surface area contributed by atoms with Gasteiger partial charge in [-0.25, -0.2) is 0 Å². The van der Waals surface area contributed by atoms with Gasteiger partial charge < -0.3 is 5.23 Å². The fourth-order valence-electron chi connectivity index (χ4n) is 1.61. The van der Waals surface area contributed by atoms with Crippen LogP contribution in [-0.2, 0) is 0 Å². The van der Waals surface area contributed by atoms with E-state index in [1.165, 1.54) is 11.1 Å². The van der Waals surface area contributed by atoms with Gasteiger partial charge in [-0.2, -0.15) is 0 Å². The summed E-state index contributed by atoms with van der Waals surface area (Å²) in [6, 6.07) is 6.77. The maximum atomic E-state index is 2.49. The Morgan fingerprint density at radius 3 is 1.71 bits per heavy atom. The molecule has 1 aromatic carbocycles. The highest BCUT2D eigenvalue weighted by Crippen LogP contribution is 2.28. The molecule has 2 N–H and O–H groups in total. The third-order valence-electron chi connectivity index (χ3n) is 2.42. The van der Waals surface area contributed by atoms with Crippen LogP contribution in [0, 0.1) is 0 Å². The number of rotatable bonds is 3. The molecular weight excluding hydrogens is 169 g/mol. The standard InChI is InChI=1S/C12H22BN/c1-8(2)10-6-5-7-11(9(3)4)12(10)14-13/h5-9H,14H2,1-4,13H3. The molecule has 0 amide bonds. The minimum atomic E-state index is 0.347. The summed E-state index contributed by atoms with van der Waals surface area (Å²) in [5.74, 6) is 1.30. The van der Waals surface area contributed by atoms with E-state index in [1.54, 1.807) is 5.69 Å². The average molecular weight is 191 g/mol. The number of benzene rings is 1. The van der Waals surface area contributed by atoms with Crippen molar-refractivity contribution in [1.82, 2.24) is 0 Å². The molecular formula is C12H22BN. The molecule has 0 spiro atoms. The highest BCUT2D eigenvalue weighted by Gasteiger charge is 2.13. The lowest BCUT2D eigenvalue weighted by atomic mass is 9.92. The van der Waals surface area contributed by atoms with Crippen molar-refractivity contribution >= 4 is 13.7 Å². The summed E-state index contributed by atoms with van der Waals surface area (Å²) in [6.45, 7) is 9.14. The zero-order chi connectivity index (χ0) is 10.7. The van der Waals surface area contributed by atoms with E-state index < -0.39 is 0 Å². The Hall–Kier alpha value is -0.755. The van der Waals surface area contributed by atoms with E-state index in [-0.39, 0.29) is 0 Å². The van der Waals surface area contributed by atoms with Crippen LogP contribution < -0.4 is 5.23 Å². The normalized spacial score (nSPS) is 11.4. The molecule has 0 aromatic heterocycles. The second-order valence-electron chi connectivity index (χ2n) is 4.16. The summed E-state index contributed by atoms with van der Waals surface area (Å²) in [6.07, 6.45) is 0. The second kappa shape index (κ2) is 4.65. The lowest BCUT2D eigenvalue weighted by Crippen LogP contribution is -2.76. The summed E-state index contributed by atoms with van der Waals surface area (Å²) < 4.78 is 0. The highest BCUT2D eigenvalue weighted by atomic mass is 14.8. The van der Waals surface area contributed by atoms with Crippen LogP contribution in [0.25, 0.3) is 0 Å². The van der Waals surface area contributed by atoms with Gasteiger partial charge in [-0.05, 0) is 11.8 Å². The Bertz CT molecular complexity index is 279. The number of quaternary nitrogens is 1. The molecule has 1 aromatic rings. The Balaban J connectivity index is 3.25. The molecule has 0 radical (unpaired) electrons. The van der Waals surface area contributed by atoms with Gasteiger partial charge in [-0.1, -0.05) is 45.9 Å². The van der Waals surface area contributed by atoms with E-state index in [0.717, 1.165) is 0 Å². The predicted octanol–water partition coefficient (Wildman–Crippen LogP) is 1.41. The SMILES string of the molecule is [BH3-][NH2+]c1c(C(C)C)cccc1C(C)C. The summed E-state index contributed by atoms with van der Waals surface area (Å²) in [7, 11) is 0.347. The minimum Gasteiger partial charge on any atom is -0.510 e. The Morgan fingerprint density at radius 1 is 1.00 bits per heavy atom. The van der Waals surface area contributed by atoms with Crippen LogP contribution in [-0.4, -0.2) is 7.98 Å². The van der Waals surface area contributed by atoms with Crippen LogP contribution in [0.4, 0.5) is 5.69 Å². The first-order chi connectivity index (χ1) is 6.57. The van der Waals surface area contributed by atoms with Crippen molar-refractivity contribution in [3.8, 4) is 0 Å². The van der Waals surface area contributed by atoms with E-state index in [4.69, 9.17) is 0 Å². The van der Waals surface area contributed by atoms with Gasteiger partial charge in [0.1, 0.15) is 0 Å². The third kappa shape index (κ3) is 2.18. The van der Waals surface area contributed by atoms with Crippen LogP contribution in [0.15, 0.2) is 18.2 Å². The highest BCUT2D eigenvalue weighted by molar-refractivity contribution is 5.95. The largest absolute Gasteiger partial charge is 0.510 e. The van der Waals surface area contributed by atoms with Crippen LogP contribution in [0.2, 0.25) is 0 Å².